The zero-order valence-electron chi connectivity index (χ0n) is 10.8. The minimum atomic E-state index is -0.735. The van der Waals surface area contributed by atoms with E-state index >= 15 is 0 Å². The van der Waals surface area contributed by atoms with Crippen LogP contribution < -0.4 is 4.74 Å². The van der Waals surface area contributed by atoms with Crippen molar-refractivity contribution in [3.8, 4) is 5.75 Å². The minimum Gasteiger partial charge on any atom is -0.496 e. The lowest BCUT2D eigenvalue weighted by atomic mass is 10.1. The molecule has 3 aromatic rings. The van der Waals surface area contributed by atoms with Crippen LogP contribution in [0.3, 0.4) is 0 Å². The zero-order chi connectivity index (χ0) is 14.1. The van der Waals surface area contributed by atoms with Gasteiger partial charge in [0.1, 0.15) is 11.9 Å². The molecule has 0 aliphatic carbocycles. The monoisotopic (exact) mass is 304 g/mol. The van der Waals surface area contributed by atoms with Gasteiger partial charge in [-0.1, -0.05) is 29.8 Å². The summed E-state index contributed by atoms with van der Waals surface area (Å²) in [6.07, 6.45) is -0.735. The first-order valence-corrected chi connectivity index (χ1v) is 7.38. The van der Waals surface area contributed by atoms with E-state index in [2.05, 4.69) is 0 Å². The molecular formula is C16H13ClO2S. The predicted molar refractivity (Wildman–Crippen MR) is 83.9 cm³/mol. The van der Waals surface area contributed by atoms with Gasteiger partial charge in [0.05, 0.1) is 7.11 Å². The van der Waals surface area contributed by atoms with Crippen LogP contribution in [0.15, 0.2) is 48.5 Å². The van der Waals surface area contributed by atoms with Gasteiger partial charge in [0, 0.05) is 20.2 Å². The minimum absolute atomic E-state index is 0.584. The molecule has 1 unspecified atom stereocenters. The number of aliphatic hydroxyl groups excluding tert-OH is 1. The quantitative estimate of drug-likeness (QED) is 0.763. The Morgan fingerprint density at radius 1 is 1.15 bits per heavy atom. The van der Waals surface area contributed by atoms with E-state index in [0.29, 0.717) is 16.3 Å². The summed E-state index contributed by atoms with van der Waals surface area (Å²) >= 11 is 7.60. The molecule has 0 aliphatic rings. The van der Waals surface area contributed by atoms with Crippen LogP contribution in [0.5, 0.6) is 5.75 Å². The number of hydrogen-bond acceptors (Lipinski definition) is 3. The SMILES string of the molecule is COc1ccc(Cl)cc1C(O)c1cc2ccccc2s1. The molecule has 0 spiro atoms. The van der Waals surface area contributed by atoms with E-state index in [-0.39, 0.29) is 0 Å². The molecule has 4 heteroatoms. The Morgan fingerprint density at radius 2 is 1.95 bits per heavy atom. The summed E-state index contributed by atoms with van der Waals surface area (Å²) in [7, 11) is 1.59. The third-order valence-electron chi connectivity index (χ3n) is 3.20. The molecule has 102 valence electrons. The van der Waals surface area contributed by atoms with E-state index in [1.165, 1.54) is 0 Å². The Bertz CT molecular complexity index is 718. The molecule has 0 amide bonds. The first-order valence-electron chi connectivity index (χ1n) is 6.19. The highest BCUT2D eigenvalue weighted by Crippen LogP contribution is 2.37. The number of halogens is 1. The van der Waals surface area contributed by atoms with Crippen LogP contribution in [0.25, 0.3) is 10.1 Å². The lowest BCUT2D eigenvalue weighted by Gasteiger charge is -2.13. The smallest absolute Gasteiger partial charge is 0.125 e. The van der Waals surface area contributed by atoms with E-state index < -0.39 is 6.10 Å². The number of rotatable bonds is 3. The van der Waals surface area contributed by atoms with Gasteiger partial charge < -0.3 is 9.84 Å². The van der Waals surface area contributed by atoms with Crippen molar-refractivity contribution in [2.75, 3.05) is 7.11 Å². The van der Waals surface area contributed by atoms with Crippen LogP contribution >= 0.6 is 22.9 Å². The maximum absolute atomic E-state index is 10.6. The first kappa shape index (κ1) is 13.4. The lowest BCUT2D eigenvalue weighted by molar-refractivity contribution is 0.218. The fourth-order valence-corrected chi connectivity index (χ4v) is 3.46. The summed E-state index contributed by atoms with van der Waals surface area (Å²) < 4.78 is 6.46. The zero-order valence-corrected chi connectivity index (χ0v) is 12.4. The maximum atomic E-state index is 10.6. The number of fused-ring (bicyclic) bond motifs is 1. The van der Waals surface area contributed by atoms with Crippen LogP contribution in [0.1, 0.15) is 16.5 Å². The average molecular weight is 305 g/mol. The molecule has 20 heavy (non-hydrogen) atoms. The van der Waals surface area contributed by atoms with Crippen LogP contribution in [0, 0.1) is 0 Å². The van der Waals surface area contributed by atoms with Crippen molar-refractivity contribution in [1.82, 2.24) is 0 Å². The molecule has 0 aliphatic heterocycles. The highest BCUT2D eigenvalue weighted by Gasteiger charge is 2.18. The first-order chi connectivity index (χ1) is 9.69. The Labute approximate surface area is 126 Å². The molecule has 0 radical (unpaired) electrons. The van der Waals surface area contributed by atoms with Gasteiger partial charge in [-0.05, 0) is 35.7 Å². The normalized spacial score (nSPS) is 12.6. The second kappa shape index (κ2) is 5.44. The number of benzene rings is 2. The van der Waals surface area contributed by atoms with Crippen molar-refractivity contribution in [2.24, 2.45) is 0 Å². The van der Waals surface area contributed by atoms with Crippen LogP contribution in [0.4, 0.5) is 0 Å². The van der Waals surface area contributed by atoms with Gasteiger partial charge in [-0.25, -0.2) is 0 Å². The van der Waals surface area contributed by atoms with Crippen molar-refractivity contribution in [1.29, 1.82) is 0 Å². The van der Waals surface area contributed by atoms with Gasteiger partial charge >= 0.3 is 0 Å². The van der Waals surface area contributed by atoms with Crippen molar-refractivity contribution in [2.45, 2.75) is 6.10 Å². The Morgan fingerprint density at radius 3 is 2.70 bits per heavy atom. The Kier molecular flexibility index (Phi) is 3.66. The third kappa shape index (κ3) is 2.40. The molecule has 2 nitrogen and oxygen atoms in total. The molecule has 1 N–H and O–H groups in total. The predicted octanol–water partition coefficient (Wildman–Crippen LogP) is 4.65. The average Bonchev–Trinajstić information content (AvgIpc) is 2.90. The lowest BCUT2D eigenvalue weighted by Crippen LogP contribution is -2.00. The van der Waals surface area contributed by atoms with Gasteiger partial charge in [0.2, 0.25) is 0 Å². The van der Waals surface area contributed by atoms with Crippen molar-refractivity contribution < 1.29 is 9.84 Å². The number of ether oxygens (including phenoxy) is 1. The van der Waals surface area contributed by atoms with E-state index in [9.17, 15) is 5.11 Å². The highest BCUT2D eigenvalue weighted by atomic mass is 35.5. The Hall–Kier alpha value is -1.55. The Balaban J connectivity index is 2.07. The topological polar surface area (TPSA) is 29.5 Å². The fourth-order valence-electron chi connectivity index (χ4n) is 2.21. The number of thiophene rings is 1. The largest absolute Gasteiger partial charge is 0.496 e. The molecule has 0 saturated carbocycles. The molecule has 0 bridgehead atoms. The van der Waals surface area contributed by atoms with Crippen LogP contribution in [-0.4, -0.2) is 12.2 Å². The van der Waals surface area contributed by atoms with Crippen molar-refractivity contribution in [3.63, 3.8) is 0 Å². The molecule has 0 fully saturated rings. The fraction of sp³-hybridized carbons (Fsp3) is 0.125. The van der Waals surface area contributed by atoms with Gasteiger partial charge in [-0.2, -0.15) is 0 Å². The summed E-state index contributed by atoms with van der Waals surface area (Å²) in [5.74, 6) is 0.638. The van der Waals surface area contributed by atoms with Gasteiger partial charge in [-0.3, -0.25) is 0 Å². The van der Waals surface area contributed by atoms with Gasteiger partial charge in [0.25, 0.3) is 0 Å². The second-order valence-electron chi connectivity index (χ2n) is 4.48. The van der Waals surface area contributed by atoms with E-state index in [4.69, 9.17) is 16.3 Å². The molecule has 2 aromatic carbocycles. The molecule has 1 aromatic heterocycles. The summed E-state index contributed by atoms with van der Waals surface area (Å²) in [6, 6.07) is 15.3. The third-order valence-corrected chi connectivity index (χ3v) is 4.60. The molecule has 0 saturated heterocycles. The van der Waals surface area contributed by atoms with Gasteiger partial charge in [-0.15, -0.1) is 11.3 Å². The number of methoxy groups -OCH3 is 1. The summed E-state index contributed by atoms with van der Waals surface area (Å²) in [5.41, 5.74) is 0.687. The van der Waals surface area contributed by atoms with Crippen LogP contribution in [-0.2, 0) is 0 Å². The summed E-state index contributed by atoms with van der Waals surface area (Å²) in [6.45, 7) is 0. The number of hydrogen-bond donors (Lipinski definition) is 1. The van der Waals surface area contributed by atoms with Gasteiger partial charge in [0.15, 0.2) is 0 Å². The molecule has 1 heterocycles. The second-order valence-corrected chi connectivity index (χ2v) is 6.03. The van der Waals surface area contributed by atoms with E-state index in [0.717, 1.165) is 15.0 Å². The maximum Gasteiger partial charge on any atom is 0.125 e. The van der Waals surface area contributed by atoms with Crippen molar-refractivity contribution in [3.05, 3.63) is 64.0 Å². The summed E-state index contributed by atoms with van der Waals surface area (Å²) in [4.78, 5) is 0.881. The molecule has 1 atom stereocenters. The highest BCUT2D eigenvalue weighted by molar-refractivity contribution is 7.19. The van der Waals surface area contributed by atoms with Crippen molar-refractivity contribution >= 4 is 33.0 Å². The summed E-state index contributed by atoms with van der Waals surface area (Å²) in [5, 5.41) is 12.3. The standard InChI is InChI=1S/C16H13ClO2S/c1-19-13-7-6-11(17)9-12(13)16(18)15-8-10-4-2-3-5-14(10)20-15/h2-9,16,18H,1H3. The van der Waals surface area contributed by atoms with Crippen LogP contribution in [0.2, 0.25) is 5.02 Å². The number of aliphatic hydroxyl groups is 1. The molecule has 3 rings (SSSR count). The van der Waals surface area contributed by atoms with E-state index in [1.807, 2.05) is 30.3 Å². The molecular weight excluding hydrogens is 292 g/mol. The van der Waals surface area contributed by atoms with E-state index in [1.54, 1.807) is 36.6 Å².